The van der Waals surface area contributed by atoms with E-state index >= 15 is 0 Å². The lowest BCUT2D eigenvalue weighted by Crippen LogP contribution is -2.12. The number of pyridine rings is 2. The average molecular weight is 410 g/mol. The number of nitrogens with zero attached hydrogens (tertiary/aromatic N) is 2. The summed E-state index contributed by atoms with van der Waals surface area (Å²) in [6, 6.07) is 24.1. The van der Waals surface area contributed by atoms with Gasteiger partial charge in [-0.05, 0) is 72.8 Å². The van der Waals surface area contributed by atoms with Crippen LogP contribution in [0.25, 0.3) is 0 Å². The van der Waals surface area contributed by atoms with Gasteiger partial charge < -0.3 is 15.4 Å². The highest BCUT2D eigenvalue weighted by Crippen LogP contribution is 2.22. The van der Waals surface area contributed by atoms with Crippen molar-refractivity contribution >= 4 is 23.5 Å². The van der Waals surface area contributed by atoms with Crippen LogP contribution in [0.5, 0.6) is 11.5 Å². The van der Waals surface area contributed by atoms with Gasteiger partial charge in [0.05, 0.1) is 0 Å². The Morgan fingerprint density at radius 2 is 1.00 bits per heavy atom. The lowest BCUT2D eigenvalue weighted by molar-refractivity contribution is 0.101. The minimum atomic E-state index is -0.256. The third kappa shape index (κ3) is 5.30. The van der Waals surface area contributed by atoms with Crippen molar-refractivity contribution in [1.82, 2.24) is 9.97 Å². The molecule has 0 fully saturated rings. The van der Waals surface area contributed by atoms with Crippen LogP contribution >= 0.6 is 0 Å². The van der Waals surface area contributed by atoms with Gasteiger partial charge in [0.15, 0.2) is 0 Å². The predicted molar refractivity (Wildman–Crippen MR) is 117 cm³/mol. The van der Waals surface area contributed by atoms with E-state index in [4.69, 9.17) is 4.74 Å². The summed E-state index contributed by atoms with van der Waals surface area (Å²) in [5.41, 5.74) is 0.971. The summed E-state index contributed by atoms with van der Waals surface area (Å²) in [6.45, 7) is 0. The van der Waals surface area contributed by atoms with Crippen LogP contribution in [-0.4, -0.2) is 21.8 Å². The first-order chi connectivity index (χ1) is 15.2. The second kappa shape index (κ2) is 9.32. The molecule has 0 aliphatic rings. The molecule has 2 aromatic heterocycles. The van der Waals surface area contributed by atoms with E-state index < -0.39 is 0 Å². The number of anilines is 2. The molecule has 152 valence electrons. The Morgan fingerprint density at radius 3 is 1.35 bits per heavy atom. The molecule has 0 unspecified atom stereocenters. The smallest absolute Gasteiger partial charge is 0.256 e. The van der Waals surface area contributed by atoms with Crippen molar-refractivity contribution in [1.29, 1.82) is 0 Å². The van der Waals surface area contributed by atoms with Crippen molar-refractivity contribution in [3.05, 3.63) is 108 Å². The van der Waals surface area contributed by atoms with Gasteiger partial charge in [-0.15, -0.1) is 0 Å². The lowest BCUT2D eigenvalue weighted by atomic mass is 10.2. The molecule has 0 saturated heterocycles. The van der Waals surface area contributed by atoms with E-state index in [2.05, 4.69) is 20.6 Å². The monoisotopic (exact) mass is 410 g/mol. The van der Waals surface area contributed by atoms with Crippen molar-refractivity contribution in [2.24, 2.45) is 0 Å². The molecule has 0 atom stereocenters. The molecule has 7 nitrogen and oxygen atoms in total. The van der Waals surface area contributed by atoms with Crippen molar-refractivity contribution < 1.29 is 14.3 Å². The summed E-state index contributed by atoms with van der Waals surface area (Å²) in [4.78, 5) is 32.7. The first-order valence-electron chi connectivity index (χ1n) is 9.50. The highest BCUT2D eigenvalue weighted by Gasteiger charge is 2.09. The van der Waals surface area contributed by atoms with Gasteiger partial charge in [0.25, 0.3) is 11.8 Å². The van der Waals surface area contributed by atoms with Gasteiger partial charge in [-0.2, -0.15) is 0 Å². The second-order valence-corrected chi connectivity index (χ2v) is 6.49. The van der Waals surface area contributed by atoms with E-state index in [1.54, 1.807) is 97.3 Å². The molecule has 31 heavy (non-hydrogen) atoms. The first kappa shape index (κ1) is 19.8. The molecule has 2 N–H and O–H groups in total. The fraction of sp³-hybridized carbons (Fsp3) is 0. The number of amides is 2. The summed E-state index contributed by atoms with van der Waals surface area (Å²) in [7, 11) is 0. The molecule has 0 radical (unpaired) electrons. The minimum Gasteiger partial charge on any atom is -0.457 e. The number of hydrogen-bond donors (Lipinski definition) is 2. The summed E-state index contributed by atoms with van der Waals surface area (Å²) >= 11 is 0. The Hall–Kier alpha value is -4.52. The standard InChI is InChI=1S/C24H18N4O3/c29-23(27-21-5-1-3-15-25-21)17-7-11-19(12-8-17)31-20-13-9-18(10-14-20)24(30)28-22-6-2-4-16-26-22/h1-16H,(H,25,27,29)(H,26,28,30). The fourth-order valence-corrected chi connectivity index (χ4v) is 2.74. The van der Waals surface area contributed by atoms with Crippen molar-refractivity contribution in [2.75, 3.05) is 10.6 Å². The summed E-state index contributed by atoms with van der Waals surface area (Å²) in [6.07, 6.45) is 3.22. The number of aromatic nitrogens is 2. The summed E-state index contributed by atoms with van der Waals surface area (Å²) in [5.74, 6) is 1.60. The van der Waals surface area contributed by atoms with Crippen molar-refractivity contribution in [2.45, 2.75) is 0 Å². The summed E-state index contributed by atoms with van der Waals surface area (Å²) in [5, 5.41) is 5.46. The third-order valence-electron chi connectivity index (χ3n) is 4.28. The summed E-state index contributed by atoms with van der Waals surface area (Å²) < 4.78 is 5.80. The maximum Gasteiger partial charge on any atom is 0.256 e. The van der Waals surface area contributed by atoms with Crippen LogP contribution < -0.4 is 15.4 Å². The van der Waals surface area contributed by atoms with Crippen LogP contribution in [0.2, 0.25) is 0 Å². The van der Waals surface area contributed by atoms with E-state index in [0.29, 0.717) is 34.3 Å². The normalized spacial score (nSPS) is 10.2. The van der Waals surface area contributed by atoms with Crippen LogP contribution in [0.3, 0.4) is 0 Å². The molecule has 0 bridgehead atoms. The zero-order valence-corrected chi connectivity index (χ0v) is 16.4. The first-order valence-corrected chi connectivity index (χ1v) is 9.50. The molecule has 0 aliphatic heterocycles. The SMILES string of the molecule is O=C(Nc1ccccn1)c1ccc(Oc2ccc(C(=O)Nc3ccccn3)cc2)cc1. The fourth-order valence-electron chi connectivity index (χ4n) is 2.74. The third-order valence-corrected chi connectivity index (χ3v) is 4.28. The van der Waals surface area contributed by atoms with Crippen LogP contribution in [0.1, 0.15) is 20.7 Å². The van der Waals surface area contributed by atoms with E-state index in [-0.39, 0.29) is 11.8 Å². The maximum atomic E-state index is 12.3. The highest BCUT2D eigenvalue weighted by molar-refractivity contribution is 6.04. The van der Waals surface area contributed by atoms with Gasteiger partial charge in [-0.3, -0.25) is 9.59 Å². The largest absolute Gasteiger partial charge is 0.457 e. The molecule has 0 aliphatic carbocycles. The second-order valence-electron chi connectivity index (χ2n) is 6.49. The van der Waals surface area contributed by atoms with Crippen LogP contribution in [-0.2, 0) is 0 Å². The molecule has 2 aromatic carbocycles. The molecule has 4 rings (SSSR count). The zero-order valence-electron chi connectivity index (χ0n) is 16.4. The molecule has 0 spiro atoms. The number of hydrogen-bond acceptors (Lipinski definition) is 5. The molecular formula is C24H18N4O3. The predicted octanol–water partition coefficient (Wildman–Crippen LogP) is 4.77. The molecule has 2 heterocycles. The maximum absolute atomic E-state index is 12.3. The Morgan fingerprint density at radius 1 is 0.581 bits per heavy atom. The Labute approximate surface area is 178 Å². The van der Waals surface area contributed by atoms with Gasteiger partial charge in [-0.25, -0.2) is 9.97 Å². The van der Waals surface area contributed by atoms with Crippen molar-refractivity contribution in [3.63, 3.8) is 0 Å². The van der Waals surface area contributed by atoms with Crippen LogP contribution in [0.4, 0.5) is 11.6 Å². The van der Waals surface area contributed by atoms with E-state index in [1.807, 2.05) is 0 Å². The van der Waals surface area contributed by atoms with Gasteiger partial charge in [-0.1, -0.05) is 12.1 Å². The average Bonchev–Trinajstić information content (AvgIpc) is 2.81. The lowest BCUT2D eigenvalue weighted by Gasteiger charge is -2.08. The van der Waals surface area contributed by atoms with Gasteiger partial charge in [0.2, 0.25) is 0 Å². The van der Waals surface area contributed by atoms with E-state index in [1.165, 1.54) is 0 Å². The van der Waals surface area contributed by atoms with Crippen molar-refractivity contribution in [3.8, 4) is 11.5 Å². The number of carbonyl (C=O) groups excluding carboxylic acids is 2. The molecule has 0 saturated carbocycles. The van der Waals surface area contributed by atoms with Gasteiger partial charge >= 0.3 is 0 Å². The number of carbonyl (C=O) groups is 2. The molecule has 7 heteroatoms. The minimum absolute atomic E-state index is 0.256. The Balaban J connectivity index is 1.36. The molecular weight excluding hydrogens is 392 g/mol. The van der Waals surface area contributed by atoms with Gasteiger partial charge in [0, 0.05) is 23.5 Å². The molecule has 2 amide bonds. The Kier molecular flexibility index (Phi) is 5.95. The van der Waals surface area contributed by atoms with Gasteiger partial charge in [0.1, 0.15) is 23.1 Å². The number of benzene rings is 2. The Bertz CT molecular complexity index is 1070. The highest BCUT2D eigenvalue weighted by atomic mass is 16.5. The van der Waals surface area contributed by atoms with Crippen LogP contribution in [0, 0.1) is 0 Å². The number of nitrogens with one attached hydrogen (secondary N) is 2. The topological polar surface area (TPSA) is 93.2 Å². The van der Waals surface area contributed by atoms with E-state index in [0.717, 1.165) is 0 Å². The number of ether oxygens (including phenoxy) is 1. The van der Waals surface area contributed by atoms with E-state index in [9.17, 15) is 9.59 Å². The number of rotatable bonds is 6. The van der Waals surface area contributed by atoms with Crippen LogP contribution in [0.15, 0.2) is 97.3 Å². The quantitative estimate of drug-likeness (QED) is 0.477. The molecule has 4 aromatic rings. The zero-order chi connectivity index (χ0) is 21.5.